The van der Waals surface area contributed by atoms with Gasteiger partial charge in [-0.05, 0) is 24.3 Å². The number of aliphatic hydroxyl groups excluding tert-OH is 1. The minimum absolute atomic E-state index is 0.249. The van der Waals surface area contributed by atoms with Crippen molar-refractivity contribution >= 4 is 33.3 Å². The summed E-state index contributed by atoms with van der Waals surface area (Å²) in [6.07, 6.45) is 1.25. The molecule has 2 rings (SSSR count). The van der Waals surface area contributed by atoms with Crippen LogP contribution in [0.2, 0.25) is 0 Å². The Hall–Kier alpha value is -1.40. The summed E-state index contributed by atoms with van der Waals surface area (Å²) in [5.41, 5.74) is 0. The second-order valence-electron chi connectivity index (χ2n) is 4.06. The zero-order valence-electron chi connectivity index (χ0n) is 10.6. The molecular formula is C12H18N4OS. The molecule has 98 valence electrons. The van der Waals surface area contributed by atoms with Crippen LogP contribution in [-0.2, 0) is 0 Å². The summed E-state index contributed by atoms with van der Waals surface area (Å²) in [4.78, 5) is 9.75. The molecule has 18 heavy (non-hydrogen) atoms. The van der Waals surface area contributed by atoms with E-state index in [1.54, 1.807) is 18.4 Å². The van der Waals surface area contributed by atoms with Gasteiger partial charge in [0.15, 0.2) is 0 Å². The van der Waals surface area contributed by atoms with E-state index in [-0.39, 0.29) is 6.10 Å². The van der Waals surface area contributed by atoms with Crippen LogP contribution in [0.4, 0.5) is 11.8 Å². The number of aromatic nitrogens is 2. The van der Waals surface area contributed by atoms with Crippen molar-refractivity contribution in [2.75, 3.05) is 24.2 Å². The molecule has 3 N–H and O–H groups in total. The van der Waals surface area contributed by atoms with Crippen LogP contribution >= 0.6 is 11.3 Å². The minimum atomic E-state index is -0.249. The molecule has 2 aromatic heterocycles. The van der Waals surface area contributed by atoms with Crippen molar-refractivity contribution in [1.82, 2.24) is 9.97 Å². The van der Waals surface area contributed by atoms with Gasteiger partial charge in [0.05, 0.1) is 11.5 Å². The van der Waals surface area contributed by atoms with Gasteiger partial charge in [-0.1, -0.05) is 6.92 Å². The molecule has 0 saturated carbocycles. The molecule has 0 bridgehead atoms. The molecule has 6 heteroatoms. The van der Waals surface area contributed by atoms with Crippen molar-refractivity contribution in [3.8, 4) is 0 Å². The highest BCUT2D eigenvalue weighted by atomic mass is 32.1. The summed E-state index contributed by atoms with van der Waals surface area (Å²) in [5.74, 6) is 1.44. The summed E-state index contributed by atoms with van der Waals surface area (Å²) >= 11 is 1.59. The van der Waals surface area contributed by atoms with E-state index in [9.17, 15) is 5.11 Å². The van der Waals surface area contributed by atoms with Gasteiger partial charge in [0.1, 0.15) is 10.6 Å². The molecule has 0 spiro atoms. The largest absolute Gasteiger partial charge is 0.393 e. The van der Waals surface area contributed by atoms with E-state index in [4.69, 9.17) is 0 Å². The number of fused-ring (bicyclic) bond motifs is 1. The smallest absolute Gasteiger partial charge is 0.225 e. The fourth-order valence-corrected chi connectivity index (χ4v) is 2.43. The molecule has 0 aliphatic rings. The van der Waals surface area contributed by atoms with Crippen LogP contribution in [0.15, 0.2) is 11.4 Å². The SMILES string of the molecule is CCC(O)CCNc1nc(NC)nc2sccc12. The topological polar surface area (TPSA) is 70.1 Å². The van der Waals surface area contributed by atoms with Crippen LogP contribution in [-0.4, -0.2) is 34.8 Å². The highest BCUT2D eigenvalue weighted by Crippen LogP contribution is 2.26. The lowest BCUT2D eigenvalue weighted by molar-refractivity contribution is 0.164. The number of hydrogen-bond acceptors (Lipinski definition) is 6. The fraction of sp³-hybridized carbons (Fsp3) is 0.500. The molecule has 1 unspecified atom stereocenters. The Morgan fingerprint density at radius 3 is 3.00 bits per heavy atom. The van der Waals surface area contributed by atoms with Gasteiger partial charge in [-0.3, -0.25) is 0 Å². The Labute approximate surface area is 110 Å². The summed E-state index contributed by atoms with van der Waals surface area (Å²) in [6, 6.07) is 2.01. The highest BCUT2D eigenvalue weighted by molar-refractivity contribution is 7.16. The van der Waals surface area contributed by atoms with E-state index in [0.29, 0.717) is 12.5 Å². The fourth-order valence-electron chi connectivity index (χ4n) is 1.66. The number of hydrogen-bond donors (Lipinski definition) is 3. The maximum atomic E-state index is 9.53. The van der Waals surface area contributed by atoms with Crippen molar-refractivity contribution in [2.24, 2.45) is 0 Å². The van der Waals surface area contributed by atoms with E-state index in [2.05, 4.69) is 20.6 Å². The highest BCUT2D eigenvalue weighted by Gasteiger charge is 2.08. The van der Waals surface area contributed by atoms with E-state index >= 15 is 0 Å². The van der Waals surface area contributed by atoms with Gasteiger partial charge in [-0.25, -0.2) is 4.98 Å². The van der Waals surface area contributed by atoms with Gasteiger partial charge >= 0.3 is 0 Å². The number of anilines is 2. The van der Waals surface area contributed by atoms with Crippen LogP contribution in [0, 0.1) is 0 Å². The Kier molecular flexibility index (Phi) is 4.33. The number of rotatable bonds is 6. The summed E-state index contributed by atoms with van der Waals surface area (Å²) in [7, 11) is 1.80. The molecule has 0 radical (unpaired) electrons. The average Bonchev–Trinajstić information content (AvgIpc) is 2.86. The Morgan fingerprint density at radius 2 is 2.28 bits per heavy atom. The number of thiophene rings is 1. The summed E-state index contributed by atoms with van der Waals surface area (Å²) < 4.78 is 0. The van der Waals surface area contributed by atoms with E-state index in [1.165, 1.54) is 0 Å². The Bertz CT molecular complexity index is 514. The molecule has 1 atom stereocenters. The second kappa shape index (κ2) is 5.97. The Balaban J connectivity index is 2.13. The maximum absolute atomic E-state index is 9.53. The predicted molar refractivity (Wildman–Crippen MR) is 76.4 cm³/mol. The average molecular weight is 266 g/mol. The van der Waals surface area contributed by atoms with Crippen molar-refractivity contribution in [3.05, 3.63) is 11.4 Å². The van der Waals surface area contributed by atoms with Crippen molar-refractivity contribution in [1.29, 1.82) is 0 Å². The molecule has 0 fully saturated rings. The zero-order valence-corrected chi connectivity index (χ0v) is 11.4. The van der Waals surface area contributed by atoms with Crippen LogP contribution in [0.1, 0.15) is 19.8 Å². The first-order chi connectivity index (χ1) is 8.74. The monoisotopic (exact) mass is 266 g/mol. The van der Waals surface area contributed by atoms with Crippen molar-refractivity contribution < 1.29 is 5.11 Å². The van der Waals surface area contributed by atoms with Crippen LogP contribution in [0.5, 0.6) is 0 Å². The zero-order chi connectivity index (χ0) is 13.0. The lowest BCUT2D eigenvalue weighted by Gasteiger charge is -2.10. The first-order valence-electron chi connectivity index (χ1n) is 6.09. The molecule has 0 aliphatic carbocycles. The van der Waals surface area contributed by atoms with Crippen LogP contribution in [0.3, 0.4) is 0 Å². The van der Waals surface area contributed by atoms with E-state index < -0.39 is 0 Å². The number of nitrogens with zero attached hydrogens (tertiary/aromatic N) is 2. The molecule has 0 saturated heterocycles. The molecule has 0 amide bonds. The van der Waals surface area contributed by atoms with Crippen LogP contribution < -0.4 is 10.6 Å². The summed E-state index contributed by atoms with van der Waals surface area (Å²) in [5, 5.41) is 18.8. The van der Waals surface area contributed by atoms with Crippen LogP contribution in [0.25, 0.3) is 10.2 Å². The first kappa shape index (κ1) is 13.0. The van der Waals surface area contributed by atoms with Gasteiger partial charge in [-0.2, -0.15) is 4.98 Å². The maximum Gasteiger partial charge on any atom is 0.225 e. The van der Waals surface area contributed by atoms with E-state index in [1.807, 2.05) is 18.4 Å². The molecule has 0 aromatic carbocycles. The first-order valence-corrected chi connectivity index (χ1v) is 6.97. The second-order valence-corrected chi connectivity index (χ2v) is 4.96. The molecular weight excluding hydrogens is 248 g/mol. The van der Waals surface area contributed by atoms with Gasteiger partial charge in [0.2, 0.25) is 5.95 Å². The molecule has 2 heterocycles. The van der Waals surface area contributed by atoms with Crippen molar-refractivity contribution in [2.45, 2.75) is 25.9 Å². The number of nitrogens with one attached hydrogen (secondary N) is 2. The standard InChI is InChI=1S/C12H18N4OS/c1-3-8(17)4-6-14-10-9-5-7-18-11(9)16-12(13-2)15-10/h5,7-8,17H,3-4,6H2,1-2H3,(H2,13,14,15,16). The Morgan fingerprint density at radius 1 is 1.44 bits per heavy atom. The minimum Gasteiger partial charge on any atom is -0.393 e. The third kappa shape index (κ3) is 2.88. The third-order valence-electron chi connectivity index (χ3n) is 2.79. The van der Waals surface area contributed by atoms with Gasteiger partial charge < -0.3 is 15.7 Å². The van der Waals surface area contributed by atoms with Gasteiger partial charge in [0, 0.05) is 13.6 Å². The van der Waals surface area contributed by atoms with E-state index in [0.717, 1.165) is 28.9 Å². The normalized spacial score (nSPS) is 12.6. The quantitative estimate of drug-likeness (QED) is 0.748. The number of aliphatic hydroxyl groups is 1. The molecule has 2 aromatic rings. The lowest BCUT2D eigenvalue weighted by Crippen LogP contribution is -2.13. The summed E-state index contributed by atoms with van der Waals surface area (Å²) in [6.45, 7) is 2.69. The van der Waals surface area contributed by atoms with Crippen molar-refractivity contribution in [3.63, 3.8) is 0 Å². The van der Waals surface area contributed by atoms with Gasteiger partial charge in [-0.15, -0.1) is 11.3 Å². The molecule has 5 nitrogen and oxygen atoms in total. The lowest BCUT2D eigenvalue weighted by atomic mass is 10.2. The third-order valence-corrected chi connectivity index (χ3v) is 3.60. The van der Waals surface area contributed by atoms with Gasteiger partial charge in [0.25, 0.3) is 0 Å². The predicted octanol–water partition coefficient (Wildman–Crippen LogP) is 2.31. The molecule has 0 aliphatic heterocycles.